The number of amides is 2. The van der Waals surface area contributed by atoms with E-state index < -0.39 is 6.04 Å². The molecule has 156 valence electrons. The molecule has 0 heterocycles. The Labute approximate surface area is 175 Å². The molecule has 2 rings (SSSR count). The third-order valence-electron chi connectivity index (χ3n) is 4.59. The standard InChI is InChI=1S/C22H26ClFN2O3/c1-4-15(2)25-22(28)16(3)26(13-17-6-5-7-18(23)12-17)21(27)14-29-20-10-8-19(24)9-11-20/h5-12,15-16H,4,13-14H2,1-3H3,(H,25,28)/t15-,16-/m1/s1. The normalized spacial score (nSPS) is 12.7. The minimum absolute atomic E-state index is 0.00327. The number of hydrogen-bond acceptors (Lipinski definition) is 3. The first-order valence-electron chi connectivity index (χ1n) is 9.52. The van der Waals surface area contributed by atoms with E-state index in [1.165, 1.54) is 29.2 Å². The minimum Gasteiger partial charge on any atom is -0.484 e. The number of carbonyl (C=O) groups is 2. The highest BCUT2D eigenvalue weighted by Gasteiger charge is 2.27. The molecular weight excluding hydrogens is 395 g/mol. The summed E-state index contributed by atoms with van der Waals surface area (Å²) in [5.74, 6) is -0.613. The molecule has 5 nitrogen and oxygen atoms in total. The Hall–Kier alpha value is -2.60. The highest BCUT2D eigenvalue weighted by molar-refractivity contribution is 6.30. The Bertz CT molecular complexity index is 829. The maximum absolute atomic E-state index is 13.0. The molecule has 0 saturated carbocycles. The molecule has 1 N–H and O–H groups in total. The zero-order valence-corrected chi connectivity index (χ0v) is 17.6. The summed E-state index contributed by atoms with van der Waals surface area (Å²) in [5.41, 5.74) is 0.802. The Balaban J connectivity index is 2.14. The van der Waals surface area contributed by atoms with Crippen molar-refractivity contribution in [2.75, 3.05) is 6.61 Å². The quantitative estimate of drug-likeness (QED) is 0.661. The van der Waals surface area contributed by atoms with E-state index in [0.717, 1.165) is 12.0 Å². The lowest BCUT2D eigenvalue weighted by molar-refractivity contribution is -0.142. The van der Waals surface area contributed by atoms with E-state index in [0.29, 0.717) is 10.8 Å². The van der Waals surface area contributed by atoms with Crippen LogP contribution in [0, 0.1) is 5.82 Å². The maximum Gasteiger partial charge on any atom is 0.261 e. The van der Waals surface area contributed by atoms with Crippen molar-refractivity contribution in [2.24, 2.45) is 0 Å². The molecule has 0 saturated heterocycles. The van der Waals surface area contributed by atoms with Gasteiger partial charge in [-0.3, -0.25) is 9.59 Å². The van der Waals surface area contributed by atoms with Crippen molar-refractivity contribution in [3.05, 3.63) is 64.9 Å². The summed E-state index contributed by atoms with van der Waals surface area (Å²) >= 11 is 6.05. The van der Waals surface area contributed by atoms with Gasteiger partial charge in [0.1, 0.15) is 17.6 Å². The van der Waals surface area contributed by atoms with Crippen LogP contribution >= 0.6 is 11.6 Å². The Kier molecular flexibility index (Phi) is 8.46. The van der Waals surface area contributed by atoms with Crippen molar-refractivity contribution in [1.82, 2.24) is 10.2 Å². The molecule has 0 radical (unpaired) electrons. The van der Waals surface area contributed by atoms with Crippen LogP contribution in [0.25, 0.3) is 0 Å². The monoisotopic (exact) mass is 420 g/mol. The first-order valence-corrected chi connectivity index (χ1v) is 9.90. The molecule has 0 aliphatic rings. The summed E-state index contributed by atoms with van der Waals surface area (Å²) in [6.45, 7) is 5.50. The molecule has 2 amide bonds. The van der Waals surface area contributed by atoms with Gasteiger partial charge < -0.3 is 15.0 Å². The maximum atomic E-state index is 13.0. The average Bonchev–Trinajstić information content (AvgIpc) is 2.70. The fourth-order valence-electron chi connectivity index (χ4n) is 2.64. The number of nitrogens with one attached hydrogen (secondary N) is 1. The third kappa shape index (κ3) is 7.06. The molecule has 2 aromatic rings. The van der Waals surface area contributed by atoms with Gasteiger partial charge in [-0.05, 0) is 62.2 Å². The molecule has 2 aromatic carbocycles. The van der Waals surface area contributed by atoms with Crippen LogP contribution < -0.4 is 10.1 Å². The van der Waals surface area contributed by atoms with Crippen LogP contribution in [0.15, 0.2) is 48.5 Å². The predicted octanol–water partition coefficient (Wildman–Crippen LogP) is 4.19. The van der Waals surface area contributed by atoms with Crippen molar-refractivity contribution in [3.8, 4) is 5.75 Å². The van der Waals surface area contributed by atoms with Gasteiger partial charge in [0.15, 0.2) is 6.61 Å². The zero-order valence-electron chi connectivity index (χ0n) is 16.8. The van der Waals surface area contributed by atoms with Gasteiger partial charge in [-0.2, -0.15) is 0 Å². The number of benzene rings is 2. The van der Waals surface area contributed by atoms with Gasteiger partial charge >= 0.3 is 0 Å². The second-order valence-corrected chi connectivity index (χ2v) is 7.32. The van der Waals surface area contributed by atoms with Gasteiger partial charge in [-0.1, -0.05) is 30.7 Å². The van der Waals surface area contributed by atoms with Crippen LogP contribution in [-0.4, -0.2) is 35.4 Å². The van der Waals surface area contributed by atoms with Crippen LogP contribution in [0.5, 0.6) is 5.75 Å². The zero-order chi connectivity index (χ0) is 21.4. The van der Waals surface area contributed by atoms with Crippen LogP contribution in [0.3, 0.4) is 0 Å². The number of nitrogens with zero attached hydrogens (tertiary/aromatic N) is 1. The first kappa shape index (κ1) is 22.7. The van der Waals surface area contributed by atoms with Crippen LogP contribution in [0.2, 0.25) is 5.02 Å². The fourth-order valence-corrected chi connectivity index (χ4v) is 2.85. The predicted molar refractivity (Wildman–Crippen MR) is 111 cm³/mol. The summed E-state index contributed by atoms with van der Waals surface area (Å²) in [6.07, 6.45) is 0.786. The summed E-state index contributed by atoms with van der Waals surface area (Å²) < 4.78 is 18.5. The van der Waals surface area contributed by atoms with E-state index >= 15 is 0 Å². The molecule has 0 aliphatic carbocycles. The number of ether oxygens (including phenoxy) is 1. The molecular formula is C22H26ClFN2O3. The highest BCUT2D eigenvalue weighted by atomic mass is 35.5. The van der Waals surface area contributed by atoms with Gasteiger partial charge in [0.25, 0.3) is 5.91 Å². The van der Waals surface area contributed by atoms with Crippen LogP contribution in [0.4, 0.5) is 4.39 Å². The SMILES string of the molecule is CC[C@@H](C)NC(=O)[C@@H](C)N(Cc1cccc(Cl)c1)C(=O)COc1ccc(F)cc1. The van der Waals surface area contributed by atoms with Gasteiger partial charge in [0, 0.05) is 17.6 Å². The molecule has 0 fully saturated rings. The summed E-state index contributed by atoms with van der Waals surface area (Å²) in [5, 5.41) is 3.45. The largest absolute Gasteiger partial charge is 0.484 e. The molecule has 0 aliphatic heterocycles. The molecule has 0 unspecified atom stereocenters. The van der Waals surface area contributed by atoms with E-state index in [1.807, 2.05) is 19.9 Å². The second-order valence-electron chi connectivity index (χ2n) is 6.89. The molecule has 2 atom stereocenters. The van der Waals surface area contributed by atoms with Gasteiger partial charge in [-0.25, -0.2) is 4.39 Å². The Morgan fingerprint density at radius 3 is 2.48 bits per heavy atom. The third-order valence-corrected chi connectivity index (χ3v) is 4.82. The van der Waals surface area contributed by atoms with Gasteiger partial charge in [0.2, 0.25) is 5.91 Å². The lowest BCUT2D eigenvalue weighted by atomic mass is 10.1. The lowest BCUT2D eigenvalue weighted by Gasteiger charge is -2.29. The molecule has 7 heteroatoms. The van der Waals surface area contributed by atoms with Crippen molar-refractivity contribution >= 4 is 23.4 Å². The number of rotatable bonds is 9. The van der Waals surface area contributed by atoms with E-state index in [1.54, 1.807) is 25.1 Å². The van der Waals surface area contributed by atoms with E-state index in [2.05, 4.69) is 5.32 Å². The van der Waals surface area contributed by atoms with Crippen LogP contribution in [0.1, 0.15) is 32.8 Å². The lowest BCUT2D eigenvalue weighted by Crippen LogP contribution is -2.50. The van der Waals surface area contributed by atoms with E-state index in [4.69, 9.17) is 16.3 Å². The molecule has 0 aromatic heterocycles. The van der Waals surface area contributed by atoms with Gasteiger partial charge in [0.05, 0.1) is 0 Å². The van der Waals surface area contributed by atoms with Crippen molar-refractivity contribution in [1.29, 1.82) is 0 Å². The van der Waals surface area contributed by atoms with Crippen molar-refractivity contribution in [2.45, 2.75) is 45.8 Å². The summed E-state index contributed by atoms with van der Waals surface area (Å²) in [6, 6.07) is 11.8. The smallest absolute Gasteiger partial charge is 0.261 e. The van der Waals surface area contributed by atoms with Gasteiger partial charge in [-0.15, -0.1) is 0 Å². The second kappa shape index (κ2) is 10.8. The van der Waals surface area contributed by atoms with E-state index in [-0.39, 0.29) is 36.8 Å². The number of hydrogen-bond donors (Lipinski definition) is 1. The summed E-state index contributed by atoms with van der Waals surface area (Å²) in [4.78, 5) is 27.0. The minimum atomic E-state index is -0.702. The number of halogens is 2. The molecule has 0 spiro atoms. The Morgan fingerprint density at radius 2 is 1.86 bits per heavy atom. The topological polar surface area (TPSA) is 58.6 Å². The van der Waals surface area contributed by atoms with Crippen molar-refractivity contribution in [3.63, 3.8) is 0 Å². The van der Waals surface area contributed by atoms with Crippen LogP contribution in [-0.2, 0) is 16.1 Å². The Morgan fingerprint density at radius 1 is 1.17 bits per heavy atom. The molecule has 0 bridgehead atoms. The first-order chi connectivity index (χ1) is 13.8. The highest BCUT2D eigenvalue weighted by Crippen LogP contribution is 2.16. The fraction of sp³-hybridized carbons (Fsp3) is 0.364. The average molecular weight is 421 g/mol. The van der Waals surface area contributed by atoms with Crippen molar-refractivity contribution < 1.29 is 18.7 Å². The summed E-state index contributed by atoms with van der Waals surface area (Å²) in [7, 11) is 0. The number of carbonyl (C=O) groups excluding carboxylic acids is 2. The van der Waals surface area contributed by atoms with E-state index in [9.17, 15) is 14.0 Å². The molecule has 29 heavy (non-hydrogen) atoms.